The van der Waals surface area contributed by atoms with Crippen molar-refractivity contribution in [1.29, 1.82) is 0 Å². The fourth-order valence-corrected chi connectivity index (χ4v) is 3.20. The van der Waals surface area contributed by atoms with Crippen molar-refractivity contribution < 1.29 is 4.21 Å². The summed E-state index contributed by atoms with van der Waals surface area (Å²) in [6.45, 7) is 2.02. The van der Waals surface area contributed by atoms with E-state index in [9.17, 15) is 4.21 Å². The molecule has 2 atom stereocenters. The molecule has 4 heteroatoms. The molecule has 0 amide bonds. The zero-order valence-corrected chi connectivity index (χ0v) is 11.3. The predicted molar refractivity (Wildman–Crippen MR) is 76.7 cm³/mol. The fraction of sp³-hybridized carbons (Fsp3) is 0.357. The number of fused-ring (bicyclic) bond motifs is 1. The Balaban J connectivity index is 2.10. The van der Waals surface area contributed by atoms with E-state index in [-0.39, 0.29) is 6.04 Å². The van der Waals surface area contributed by atoms with E-state index in [1.807, 2.05) is 31.2 Å². The van der Waals surface area contributed by atoms with Gasteiger partial charge in [0, 0.05) is 39.9 Å². The third kappa shape index (κ3) is 3.37. The highest BCUT2D eigenvalue weighted by Crippen LogP contribution is 2.14. The molecule has 1 aromatic carbocycles. The third-order valence-electron chi connectivity index (χ3n) is 2.92. The number of nitrogens with zero attached hydrogens (tertiary/aromatic N) is 1. The van der Waals surface area contributed by atoms with Gasteiger partial charge in [-0.15, -0.1) is 0 Å². The van der Waals surface area contributed by atoms with Gasteiger partial charge in [-0.05, 0) is 30.2 Å². The van der Waals surface area contributed by atoms with Crippen LogP contribution in [-0.2, 0) is 16.6 Å². The van der Waals surface area contributed by atoms with Crippen molar-refractivity contribution in [2.45, 2.75) is 25.1 Å². The summed E-state index contributed by atoms with van der Waals surface area (Å²) in [6, 6.07) is 9.99. The van der Waals surface area contributed by atoms with E-state index >= 15 is 0 Å². The van der Waals surface area contributed by atoms with E-state index in [0.29, 0.717) is 11.5 Å². The van der Waals surface area contributed by atoms with Gasteiger partial charge in [0.05, 0.1) is 5.52 Å². The molecular formula is C14H18N2OS. The Morgan fingerprint density at radius 2 is 2.22 bits per heavy atom. The smallest absolute Gasteiger partial charge is 0.0702 e. The van der Waals surface area contributed by atoms with Crippen LogP contribution in [0.4, 0.5) is 0 Å². The molecule has 0 radical (unpaired) electrons. The van der Waals surface area contributed by atoms with Crippen LogP contribution >= 0.6 is 0 Å². The SMILES string of the molecule is CCC(N)CS(=O)Cc1ccc2ncccc2c1. The average molecular weight is 262 g/mol. The van der Waals surface area contributed by atoms with Crippen LogP contribution in [0.1, 0.15) is 18.9 Å². The van der Waals surface area contributed by atoms with Gasteiger partial charge >= 0.3 is 0 Å². The maximum Gasteiger partial charge on any atom is 0.0702 e. The van der Waals surface area contributed by atoms with Crippen LogP contribution in [0.15, 0.2) is 36.5 Å². The molecule has 2 aromatic rings. The normalized spacial score (nSPS) is 14.6. The van der Waals surface area contributed by atoms with Crippen LogP contribution < -0.4 is 5.73 Å². The van der Waals surface area contributed by atoms with Gasteiger partial charge in [0.1, 0.15) is 0 Å². The molecule has 2 N–H and O–H groups in total. The lowest BCUT2D eigenvalue weighted by Gasteiger charge is -2.08. The van der Waals surface area contributed by atoms with E-state index in [0.717, 1.165) is 22.9 Å². The molecule has 18 heavy (non-hydrogen) atoms. The number of hydrogen-bond acceptors (Lipinski definition) is 3. The summed E-state index contributed by atoms with van der Waals surface area (Å²) in [7, 11) is -0.889. The van der Waals surface area contributed by atoms with Gasteiger partial charge in [0.15, 0.2) is 0 Å². The number of rotatable bonds is 5. The summed E-state index contributed by atoms with van der Waals surface area (Å²) >= 11 is 0. The van der Waals surface area contributed by atoms with E-state index in [4.69, 9.17) is 5.73 Å². The van der Waals surface area contributed by atoms with Gasteiger partial charge in [0.25, 0.3) is 0 Å². The monoisotopic (exact) mass is 262 g/mol. The first-order valence-electron chi connectivity index (χ1n) is 6.13. The molecule has 0 aliphatic rings. The number of pyridine rings is 1. The molecular weight excluding hydrogens is 244 g/mol. The summed E-state index contributed by atoms with van der Waals surface area (Å²) in [5.41, 5.74) is 7.87. The second-order valence-corrected chi connectivity index (χ2v) is 5.95. The van der Waals surface area contributed by atoms with Crippen LogP contribution in [0.3, 0.4) is 0 Å². The molecule has 0 aliphatic carbocycles. The van der Waals surface area contributed by atoms with E-state index < -0.39 is 10.8 Å². The van der Waals surface area contributed by atoms with Gasteiger partial charge < -0.3 is 5.73 Å². The Bertz CT molecular complexity index is 556. The van der Waals surface area contributed by atoms with Crippen molar-refractivity contribution in [3.05, 3.63) is 42.1 Å². The first-order chi connectivity index (χ1) is 8.69. The van der Waals surface area contributed by atoms with Gasteiger partial charge in [-0.3, -0.25) is 9.19 Å². The lowest BCUT2D eigenvalue weighted by atomic mass is 10.1. The maximum atomic E-state index is 11.9. The van der Waals surface area contributed by atoms with Crippen molar-refractivity contribution >= 4 is 21.7 Å². The highest BCUT2D eigenvalue weighted by Gasteiger charge is 2.07. The van der Waals surface area contributed by atoms with Crippen molar-refractivity contribution in [2.24, 2.45) is 5.73 Å². The zero-order valence-electron chi connectivity index (χ0n) is 10.5. The van der Waals surface area contributed by atoms with Crippen molar-refractivity contribution in [3.8, 4) is 0 Å². The first-order valence-corrected chi connectivity index (χ1v) is 7.62. The van der Waals surface area contributed by atoms with Crippen molar-refractivity contribution in [1.82, 2.24) is 4.98 Å². The van der Waals surface area contributed by atoms with Gasteiger partial charge in [-0.2, -0.15) is 0 Å². The number of hydrogen-bond donors (Lipinski definition) is 1. The largest absolute Gasteiger partial charge is 0.327 e. The quantitative estimate of drug-likeness (QED) is 0.899. The molecule has 2 unspecified atom stereocenters. The average Bonchev–Trinajstić information content (AvgIpc) is 2.38. The second-order valence-electron chi connectivity index (χ2n) is 4.45. The summed E-state index contributed by atoms with van der Waals surface area (Å²) < 4.78 is 11.9. The molecule has 1 heterocycles. The maximum absolute atomic E-state index is 11.9. The standard InChI is InChI=1S/C14H18N2OS/c1-2-13(15)10-18(17)9-11-5-6-14-12(8-11)4-3-7-16-14/h3-8,13H,2,9-10,15H2,1H3. The lowest BCUT2D eigenvalue weighted by Crippen LogP contribution is -2.26. The molecule has 0 bridgehead atoms. The van der Waals surface area contributed by atoms with E-state index in [2.05, 4.69) is 11.1 Å². The summed E-state index contributed by atoms with van der Waals surface area (Å²) in [5.74, 6) is 1.14. The van der Waals surface area contributed by atoms with Crippen LogP contribution in [0.25, 0.3) is 10.9 Å². The molecule has 3 nitrogen and oxygen atoms in total. The third-order valence-corrected chi connectivity index (χ3v) is 4.37. The van der Waals surface area contributed by atoms with Crippen LogP contribution in [0.2, 0.25) is 0 Å². The Labute approximate surface area is 110 Å². The minimum Gasteiger partial charge on any atom is -0.327 e. The Morgan fingerprint density at radius 3 is 3.00 bits per heavy atom. The molecule has 0 spiro atoms. The molecule has 1 aromatic heterocycles. The van der Waals surface area contributed by atoms with Crippen LogP contribution in [0, 0.1) is 0 Å². The predicted octanol–water partition coefficient (Wildman–Crippen LogP) is 2.22. The number of nitrogens with two attached hydrogens (primary N) is 1. The highest BCUT2D eigenvalue weighted by molar-refractivity contribution is 7.84. The molecule has 96 valence electrons. The minimum atomic E-state index is -0.889. The minimum absolute atomic E-state index is 0.0351. The van der Waals surface area contributed by atoms with Crippen molar-refractivity contribution in [2.75, 3.05) is 5.75 Å². The molecule has 0 saturated heterocycles. The Morgan fingerprint density at radius 1 is 1.39 bits per heavy atom. The van der Waals surface area contributed by atoms with Gasteiger partial charge in [-0.1, -0.05) is 19.1 Å². The van der Waals surface area contributed by atoms with E-state index in [1.165, 1.54) is 0 Å². The Hall–Kier alpha value is -1.26. The van der Waals surface area contributed by atoms with Crippen molar-refractivity contribution in [3.63, 3.8) is 0 Å². The summed E-state index contributed by atoms with van der Waals surface area (Å²) in [6.07, 6.45) is 2.65. The topological polar surface area (TPSA) is 56.0 Å². The number of benzene rings is 1. The molecule has 0 saturated carbocycles. The fourth-order valence-electron chi connectivity index (χ4n) is 1.82. The lowest BCUT2D eigenvalue weighted by molar-refractivity contribution is 0.663. The van der Waals surface area contributed by atoms with Crippen LogP contribution in [0.5, 0.6) is 0 Å². The highest BCUT2D eigenvalue weighted by atomic mass is 32.2. The zero-order chi connectivity index (χ0) is 13.0. The molecule has 0 fully saturated rings. The van der Waals surface area contributed by atoms with E-state index in [1.54, 1.807) is 6.20 Å². The summed E-state index contributed by atoms with van der Waals surface area (Å²) in [4.78, 5) is 4.27. The van der Waals surface area contributed by atoms with Gasteiger partial charge in [-0.25, -0.2) is 0 Å². The van der Waals surface area contributed by atoms with Crippen LogP contribution in [-0.4, -0.2) is 21.0 Å². The van der Waals surface area contributed by atoms with Gasteiger partial charge in [0.2, 0.25) is 0 Å². The molecule has 0 aliphatic heterocycles. The number of aromatic nitrogens is 1. The first kappa shape index (κ1) is 13.2. The summed E-state index contributed by atoms with van der Waals surface area (Å²) in [5, 5.41) is 1.09. The Kier molecular flexibility index (Phi) is 4.44. The second kappa shape index (κ2) is 6.07. The molecule has 2 rings (SSSR count).